The van der Waals surface area contributed by atoms with Gasteiger partial charge < -0.3 is 10.5 Å². The molecule has 1 fully saturated rings. The summed E-state index contributed by atoms with van der Waals surface area (Å²) in [6.45, 7) is 1.34. The van der Waals surface area contributed by atoms with E-state index in [9.17, 15) is 0 Å². The lowest BCUT2D eigenvalue weighted by Gasteiger charge is -2.07. The predicted octanol–water partition coefficient (Wildman–Crippen LogP) is 1.28. The Morgan fingerprint density at radius 3 is 3.00 bits per heavy atom. The fourth-order valence-electron chi connectivity index (χ4n) is 1.46. The number of hydrogen-bond acceptors (Lipinski definition) is 4. The van der Waals surface area contributed by atoms with E-state index in [0.717, 1.165) is 11.6 Å². The first-order valence-electron chi connectivity index (χ1n) is 4.45. The molecule has 0 amide bonds. The molecule has 0 radical (unpaired) electrons. The zero-order valence-corrected chi connectivity index (χ0v) is 8.56. The van der Waals surface area contributed by atoms with Crippen LogP contribution in [0.15, 0.2) is 5.38 Å². The van der Waals surface area contributed by atoms with Crippen LogP contribution in [0.2, 0.25) is 0 Å². The van der Waals surface area contributed by atoms with E-state index < -0.39 is 0 Å². The Hall–Kier alpha value is -0.450. The number of methoxy groups -OCH3 is 1. The minimum absolute atomic E-state index is 0.225. The normalized spacial score (nSPS) is 18.9. The number of ether oxygens (including phenoxy) is 1. The summed E-state index contributed by atoms with van der Waals surface area (Å²) in [7, 11) is 1.69. The Labute approximate surface area is 81.9 Å². The zero-order valence-electron chi connectivity index (χ0n) is 7.75. The van der Waals surface area contributed by atoms with Crippen molar-refractivity contribution in [1.29, 1.82) is 0 Å². The second-order valence-electron chi connectivity index (χ2n) is 3.54. The molecular weight excluding hydrogens is 184 g/mol. The maximum atomic E-state index is 5.72. The topological polar surface area (TPSA) is 48.1 Å². The minimum Gasteiger partial charge on any atom is -0.378 e. The van der Waals surface area contributed by atoms with Crippen LogP contribution in [-0.4, -0.2) is 18.6 Å². The highest BCUT2D eigenvalue weighted by molar-refractivity contribution is 7.09. The van der Waals surface area contributed by atoms with Gasteiger partial charge in [-0.15, -0.1) is 11.3 Å². The summed E-state index contributed by atoms with van der Waals surface area (Å²) in [6, 6.07) is 0. The van der Waals surface area contributed by atoms with E-state index in [1.54, 1.807) is 18.4 Å². The SMILES string of the molecule is COCc1nc(C2(CN)CC2)cs1. The molecule has 72 valence electrons. The van der Waals surface area contributed by atoms with Gasteiger partial charge in [0, 0.05) is 24.4 Å². The van der Waals surface area contributed by atoms with Gasteiger partial charge in [0.25, 0.3) is 0 Å². The van der Waals surface area contributed by atoms with Gasteiger partial charge in [-0.2, -0.15) is 0 Å². The van der Waals surface area contributed by atoms with Crippen LogP contribution in [-0.2, 0) is 16.8 Å². The third kappa shape index (κ3) is 1.61. The summed E-state index contributed by atoms with van der Waals surface area (Å²) in [5.74, 6) is 0. The van der Waals surface area contributed by atoms with E-state index in [0.29, 0.717) is 6.61 Å². The highest BCUT2D eigenvalue weighted by atomic mass is 32.1. The molecule has 2 rings (SSSR count). The average Bonchev–Trinajstić information content (AvgIpc) is 2.82. The third-order valence-corrected chi connectivity index (χ3v) is 3.43. The number of hydrogen-bond donors (Lipinski definition) is 1. The number of aromatic nitrogens is 1. The molecule has 1 heterocycles. The van der Waals surface area contributed by atoms with Crippen molar-refractivity contribution in [3.63, 3.8) is 0 Å². The first kappa shape index (κ1) is 9.12. The van der Waals surface area contributed by atoms with E-state index in [2.05, 4.69) is 10.4 Å². The summed E-state index contributed by atoms with van der Waals surface area (Å²) in [5.41, 5.74) is 7.12. The number of nitrogens with zero attached hydrogens (tertiary/aromatic N) is 1. The van der Waals surface area contributed by atoms with Crippen molar-refractivity contribution in [2.24, 2.45) is 5.73 Å². The van der Waals surface area contributed by atoms with E-state index in [-0.39, 0.29) is 5.41 Å². The fraction of sp³-hybridized carbons (Fsp3) is 0.667. The van der Waals surface area contributed by atoms with Crippen molar-refractivity contribution >= 4 is 11.3 Å². The maximum Gasteiger partial charge on any atom is 0.119 e. The smallest absolute Gasteiger partial charge is 0.119 e. The van der Waals surface area contributed by atoms with E-state index in [4.69, 9.17) is 10.5 Å². The highest BCUT2D eigenvalue weighted by Crippen LogP contribution is 2.47. The van der Waals surface area contributed by atoms with Crippen molar-refractivity contribution in [1.82, 2.24) is 4.98 Å². The summed E-state index contributed by atoms with van der Waals surface area (Å²) >= 11 is 1.66. The van der Waals surface area contributed by atoms with Crippen LogP contribution in [0, 0.1) is 0 Å². The van der Waals surface area contributed by atoms with Gasteiger partial charge >= 0.3 is 0 Å². The van der Waals surface area contributed by atoms with Crippen LogP contribution in [0.1, 0.15) is 23.5 Å². The van der Waals surface area contributed by atoms with Crippen LogP contribution < -0.4 is 5.73 Å². The molecule has 1 saturated carbocycles. The van der Waals surface area contributed by atoms with Crippen LogP contribution in [0.25, 0.3) is 0 Å². The molecule has 0 aliphatic heterocycles. The second-order valence-corrected chi connectivity index (χ2v) is 4.49. The van der Waals surface area contributed by atoms with Gasteiger partial charge in [0.1, 0.15) is 5.01 Å². The van der Waals surface area contributed by atoms with Gasteiger partial charge in [-0.05, 0) is 12.8 Å². The van der Waals surface area contributed by atoms with E-state index in [1.165, 1.54) is 18.5 Å². The number of nitrogens with two attached hydrogens (primary N) is 1. The maximum absolute atomic E-state index is 5.72. The number of thiazole rings is 1. The monoisotopic (exact) mass is 198 g/mol. The fourth-order valence-corrected chi connectivity index (χ4v) is 2.35. The Morgan fingerprint density at radius 1 is 1.69 bits per heavy atom. The Morgan fingerprint density at radius 2 is 2.46 bits per heavy atom. The first-order valence-corrected chi connectivity index (χ1v) is 5.32. The lowest BCUT2D eigenvalue weighted by Crippen LogP contribution is -2.20. The largest absolute Gasteiger partial charge is 0.378 e. The molecule has 2 N–H and O–H groups in total. The lowest BCUT2D eigenvalue weighted by molar-refractivity contribution is 0.184. The first-order chi connectivity index (χ1) is 6.30. The quantitative estimate of drug-likeness (QED) is 0.792. The standard InChI is InChI=1S/C9H14N2OS/c1-12-4-8-11-7(5-13-8)9(6-10)2-3-9/h5H,2-4,6,10H2,1H3. The number of rotatable bonds is 4. The Kier molecular flexibility index (Phi) is 2.36. The molecule has 3 nitrogen and oxygen atoms in total. The molecule has 0 saturated heterocycles. The molecule has 4 heteroatoms. The summed E-state index contributed by atoms with van der Waals surface area (Å²) in [4.78, 5) is 4.52. The average molecular weight is 198 g/mol. The predicted molar refractivity (Wildman–Crippen MR) is 52.8 cm³/mol. The molecule has 0 unspecified atom stereocenters. The molecule has 1 aliphatic rings. The minimum atomic E-state index is 0.225. The molecule has 0 aromatic carbocycles. The van der Waals surface area contributed by atoms with Crippen molar-refractivity contribution in [3.8, 4) is 0 Å². The van der Waals surface area contributed by atoms with Gasteiger partial charge in [0.05, 0.1) is 12.3 Å². The van der Waals surface area contributed by atoms with Crippen LogP contribution in [0.3, 0.4) is 0 Å². The van der Waals surface area contributed by atoms with Gasteiger partial charge in [0.2, 0.25) is 0 Å². The third-order valence-electron chi connectivity index (χ3n) is 2.61. The summed E-state index contributed by atoms with van der Waals surface area (Å²) < 4.78 is 5.02. The second kappa shape index (κ2) is 3.36. The van der Waals surface area contributed by atoms with E-state index >= 15 is 0 Å². The van der Waals surface area contributed by atoms with Crippen LogP contribution >= 0.6 is 11.3 Å². The van der Waals surface area contributed by atoms with Crippen molar-refractivity contribution in [3.05, 3.63) is 16.1 Å². The Bertz CT molecular complexity index is 294. The summed E-state index contributed by atoms with van der Waals surface area (Å²) in [6.07, 6.45) is 2.39. The lowest BCUT2D eigenvalue weighted by atomic mass is 10.1. The van der Waals surface area contributed by atoms with Gasteiger partial charge in [-0.3, -0.25) is 0 Å². The molecule has 0 bridgehead atoms. The van der Waals surface area contributed by atoms with Gasteiger partial charge in [-0.1, -0.05) is 0 Å². The zero-order chi connectivity index (χ0) is 9.31. The van der Waals surface area contributed by atoms with Crippen LogP contribution in [0.5, 0.6) is 0 Å². The van der Waals surface area contributed by atoms with Crippen molar-refractivity contribution in [2.45, 2.75) is 24.9 Å². The van der Waals surface area contributed by atoms with E-state index in [1.807, 2.05) is 0 Å². The molecule has 0 spiro atoms. The van der Waals surface area contributed by atoms with Crippen molar-refractivity contribution in [2.75, 3.05) is 13.7 Å². The van der Waals surface area contributed by atoms with Crippen molar-refractivity contribution < 1.29 is 4.74 Å². The molecule has 13 heavy (non-hydrogen) atoms. The highest BCUT2D eigenvalue weighted by Gasteiger charge is 2.44. The summed E-state index contributed by atoms with van der Waals surface area (Å²) in [5, 5.41) is 3.17. The molecule has 1 aromatic heterocycles. The molecular formula is C9H14N2OS. The molecule has 1 aliphatic carbocycles. The Balaban J connectivity index is 2.13. The van der Waals surface area contributed by atoms with Gasteiger partial charge in [-0.25, -0.2) is 4.98 Å². The van der Waals surface area contributed by atoms with Gasteiger partial charge in [0.15, 0.2) is 0 Å². The molecule has 0 atom stereocenters. The molecule has 1 aromatic rings. The van der Waals surface area contributed by atoms with Crippen LogP contribution in [0.4, 0.5) is 0 Å².